The van der Waals surface area contributed by atoms with Crippen LogP contribution in [-0.2, 0) is 10.8 Å². The van der Waals surface area contributed by atoms with Crippen LogP contribution in [0.15, 0.2) is 217 Å². The van der Waals surface area contributed by atoms with E-state index in [1.807, 2.05) is 23.7 Å². The normalized spacial score (nSPS) is 14.9. The fourth-order valence-electron chi connectivity index (χ4n) is 13.7. The Morgan fingerprint density at radius 2 is 1.03 bits per heavy atom. The van der Waals surface area contributed by atoms with Crippen LogP contribution in [0.4, 0.5) is 17.1 Å². The Balaban J connectivity index is 1.00. The third kappa shape index (κ3) is 4.53. The summed E-state index contributed by atoms with van der Waals surface area (Å²) in [6.45, 7) is 0. The monoisotopic (exact) mass is 919 g/mol. The maximum absolute atomic E-state index is 7.74. The molecule has 5 heterocycles. The number of rotatable bonds is 3. The summed E-state index contributed by atoms with van der Waals surface area (Å²) in [7, 11) is 0. The van der Waals surface area contributed by atoms with Crippen LogP contribution in [-0.4, -0.2) is 9.97 Å². The van der Waals surface area contributed by atoms with E-state index in [0.717, 1.165) is 67.1 Å². The molecule has 0 N–H and O–H groups in total. The van der Waals surface area contributed by atoms with Crippen LogP contribution in [0.2, 0.25) is 0 Å². The number of nitrogens with zero attached hydrogens (tertiary/aromatic N) is 3. The minimum atomic E-state index is -0.677. The van der Waals surface area contributed by atoms with E-state index in [4.69, 9.17) is 14.4 Å². The Morgan fingerprint density at radius 1 is 0.394 bits per heavy atom. The van der Waals surface area contributed by atoms with Crippen molar-refractivity contribution < 1.29 is 4.42 Å². The molecule has 9 aromatic carbocycles. The zero-order valence-corrected chi connectivity index (χ0v) is 38.8. The SMILES string of the molecule is C1=Cc2ccc3c4c(ccc1c24)-c1c(ccc2c1oc1c(N4c5ccccc5C(c5ccccc5)(c5ccccc5)c5cc6c(cc54)sc4ccccc46)cccc12)C31c2cccnc2-c2ncccc21. The van der Waals surface area contributed by atoms with Crippen molar-refractivity contribution in [2.24, 2.45) is 0 Å². The quantitative estimate of drug-likeness (QED) is 0.177. The number of hydrogen-bond donors (Lipinski definition) is 0. The second-order valence-electron chi connectivity index (χ2n) is 19.5. The third-order valence-corrected chi connectivity index (χ3v) is 17.5. The molecule has 0 amide bonds. The Morgan fingerprint density at radius 3 is 1.80 bits per heavy atom. The van der Waals surface area contributed by atoms with Gasteiger partial charge in [0, 0.05) is 48.9 Å². The average Bonchev–Trinajstić information content (AvgIpc) is 4.22. The number of benzene rings is 9. The van der Waals surface area contributed by atoms with Gasteiger partial charge in [-0.15, -0.1) is 11.3 Å². The van der Waals surface area contributed by atoms with Gasteiger partial charge >= 0.3 is 0 Å². The van der Waals surface area contributed by atoms with Crippen molar-refractivity contribution in [3.05, 3.63) is 268 Å². The number of furan rings is 1. The number of para-hydroxylation sites is 2. The van der Waals surface area contributed by atoms with Crippen molar-refractivity contribution in [2.45, 2.75) is 10.8 Å². The fourth-order valence-corrected chi connectivity index (χ4v) is 14.8. The summed E-state index contributed by atoms with van der Waals surface area (Å²) < 4.78 is 10.3. The predicted molar refractivity (Wildman–Crippen MR) is 291 cm³/mol. The van der Waals surface area contributed by atoms with Crippen molar-refractivity contribution in [3.63, 3.8) is 0 Å². The van der Waals surface area contributed by atoms with Gasteiger partial charge in [0.25, 0.3) is 0 Å². The lowest BCUT2D eigenvalue weighted by Crippen LogP contribution is -2.37. The number of hydrogen-bond acceptors (Lipinski definition) is 5. The molecule has 71 heavy (non-hydrogen) atoms. The second-order valence-corrected chi connectivity index (χ2v) is 20.5. The van der Waals surface area contributed by atoms with Crippen molar-refractivity contribution in [3.8, 4) is 22.5 Å². The second kappa shape index (κ2) is 13.4. The molecule has 0 radical (unpaired) electrons. The maximum Gasteiger partial charge on any atom is 0.159 e. The van der Waals surface area contributed by atoms with E-state index in [2.05, 4.69) is 217 Å². The molecule has 4 aliphatic rings. The number of anilines is 3. The molecule has 0 saturated carbocycles. The van der Waals surface area contributed by atoms with Gasteiger partial charge < -0.3 is 9.32 Å². The highest BCUT2D eigenvalue weighted by Crippen LogP contribution is 2.64. The minimum Gasteiger partial charge on any atom is -0.453 e. The van der Waals surface area contributed by atoms with Gasteiger partial charge in [-0.3, -0.25) is 9.97 Å². The number of fused-ring (bicyclic) bond motifs is 18. The van der Waals surface area contributed by atoms with Crippen LogP contribution in [0, 0.1) is 0 Å². The molecule has 1 spiro atoms. The lowest BCUT2D eigenvalue weighted by atomic mass is 9.61. The van der Waals surface area contributed by atoms with Crippen molar-refractivity contribution in [1.82, 2.24) is 9.97 Å². The fraction of sp³-hybridized carbons (Fsp3) is 0.0303. The van der Waals surface area contributed by atoms with E-state index in [9.17, 15) is 0 Å². The zero-order chi connectivity index (χ0) is 46.2. The highest BCUT2D eigenvalue weighted by molar-refractivity contribution is 7.25. The number of pyridine rings is 2. The molecule has 4 aromatic heterocycles. The molecular weight excluding hydrogens is 883 g/mol. The molecule has 13 aromatic rings. The Kier molecular flexibility index (Phi) is 7.20. The van der Waals surface area contributed by atoms with E-state index < -0.39 is 10.8 Å². The Labute approximate surface area is 412 Å². The van der Waals surface area contributed by atoms with Gasteiger partial charge in [0.15, 0.2) is 5.58 Å². The van der Waals surface area contributed by atoms with Crippen molar-refractivity contribution >= 4 is 93.4 Å². The lowest BCUT2D eigenvalue weighted by Gasteiger charge is -2.46. The first-order chi connectivity index (χ1) is 35.2. The van der Waals surface area contributed by atoms with Gasteiger partial charge in [-0.2, -0.15) is 0 Å². The number of thiophene rings is 1. The van der Waals surface area contributed by atoms with E-state index in [1.54, 1.807) is 0 Å². The molecule has 328 valence electrons. The first-order valence-corrected chi connectivity index (χ1v) is 25.2. The van der Waals surface area contributed by atoms with Crippen molar-refractivity contribution in [2.75, 3.05) is 4.90 Å². The minimum absolute atomic E-state index is 0.642. The highest BCUT2D eigenvalue weighted by atomic mass is 32.1. The molecule has 0 bridgehead atoms. The Bertz CT molecular complexity index is 4450. The molecule has 0 atom stereocenters. The Hall–Kier alpha value is -8.90. The van der Waals surface area contributed by atoms with Gasteiger partial charge in [-0.25, -0.2) is 0 Å². The van der Waals surface area contributed by atoms with Crippen LogP contribution in [0.3, 0.4) is 0 Å². The molecule has 17 rings (SSSR count). The van der Waals surface area contributed by atoms with Crippen molar-refractivity contribution in [1.29, 1.82) is 0 Å². The summed E-state index contributed by atoms with van der Waals surface area (Å²) in [4.78, 5) is 12.6. The third-order valence-electron chi connectivity index (χ3n) is 16.4. The smallest absolute Gasteiger partial charge is 0.159 e. The van der Waals surface area contributed by atoms with Crippen LogP contribution in [0.25, 0.3) is 87.6 Å². The summed E-state index contributed by atoms with van der Waals surface area (Å²) in [6, 6.07) is 74.5. The van der Waals surface area contributed by atoms with Gasteiger partial charge in [0.1, 0.15) is 5.58 Å². The molecule has 0 unspecified atom stereocenters. The van der Waals surface area contributed by atoms with Gasteiger partial charge in [-0.1, -0.05) is 170 Å². The number of aromatic nitrogens is 2. The van der Waals surface area contributed by atoms with E-state index in [1.165, 1.54) is 81.0 Å². The molecular formula is C66H37N3OS. The molecule has 0 fully saturated rings. The molecule has 3 aliphatic carbocycles. The molecule has 5 heteroatoms. The summed E-state index contributed by atoms with van der Waals surface area (Å²) in [6.07, 6.45) is 8.33. The highest BCUT2D eigenvalue weighted by Gasteiger charge is 2.53. The van der Waals surface area contributed by atoms with Crippen LogP contribution in [0.1, 0.15) is 55.6 Å². The summed E-state index contributed by atoms with van der Waals surface area (Å²) >= 11 is 1.86. The van der Waals surface area contributed by atoms with Crippen LogP contribution in [0.5, 0.6) is 0 Å². The van der Waals surface area contributed by atoms with E-state index >= 15 is 0 Å². The van der Waals surface area contributed by atoms with Gasteiger partial charge in [0.2, 0.25) is 0 Å². The average molecular weight is 920 g/mol. The van der Waals surface area contributed by atoms with Crippen LogP contribution < -0.4 is 4.90 Å². The lowest BCUT2D eigenvalue weighted by molar-refractivity contribution is 0.666. The van der Waals surface area contributed by atoms with Gasteiger partial charge in [-0.05, 0) is 114 Å². The largest absolute Gasteiger partial charge is 0.453 e. The van der Waals surface area contributed by atoms with E-state index in [-0.39, 0.29) is 0 Å². The predicted octanol–water partition coefficient (Wildman–Crippen LogP) is 16.9. The summed E-state index contributed by atoms with van der Waals surface area (Å²) in [5, 5.41) is 7.26. The topological polar surface area (TPSA) is 42.2 Å². The molecule has 4 nitrogen and oxygen atoms in total. The first kappa shape index (κ1) is 38.0. The standard InChI is InChI=1S/C66H37N3OS/c1-3-14-40(15-4-1)65(41-16-5-2-6-17-41)47-20-8-9-23-53(47)69(55-37-57-46(36-52(55)65)42-18-7-10-25-56(42)71-57)54-24-11-19-43-44-31-33-49-60(64(44)70-63(43)54)45-30-28-38-26-27-39-29-32-48(59(45)58(38)39)66(49)50-21-12-34-67-61(50)62-51(66)22-13-35-68-62/h1-37H. The zero-order valence-electron chi connectivity index (χ0n) is 38.0. The summed E-state index contributed by atoms with van der Waals surface area (Å²) in [5.74, 6) is 0. The van der Waals surface area contributed by atoms with Crippen LogP contribution >= 0.6 is 11.3 Å². The molecule has 1 aliphatic heterocycles. The first-order valence-electron chi connectivity index (χ1n) is 24.4. The maximum atomic E-state index is 7.74. The van der Waals surface area contributed by atoms with Gasteiger partial charge in [0.05, 0.1) is 39.3 Å². The molecule has 0 saturated heterocycles. The summed E-state index contributed by atoms with van der Waals surface area (Å²) in [5.41, 5.74) is 20.0. The van der Waals surface area contributed by atoms with E-state index in [0.29, 0.717) is 0 Å².